The van der Waals surface area contributed by atoms with Crippen molar-refractivity contribution in [2.45, 2.75) is 13.3 Å². The fraction of sp³-hybridized carbons (Fsp3) is 0.385. The molecule has 0 aliphatic heterocycles. The van der Waals surface area contributed by atoms with E-state index in [1.807, 2.05) is 25.3 Å². The van der Waals surface area contributed by atoms with Crippen molar-refractivity contribution in [1.82, 2.24) is 5.32 Å². The number of hydrogen-bond donors (Lipinski definition) is 1. The van der Waals surface area contributed by atoms with Gasteiger partial charge in [0.25, 0.3) is 0 Å². The van der Waals surface area contributed by atoms with E-state index in [9.17, 15) is 4.39 Å². The summed E-state index contributed by atoms with van der Waals surface area (Å²) in [6.07, 6.45) is 2.79. The molecule has 1 aromatic carbocycles. The van der Waals surface area contributed by atoms with E-state index in [4.69, 9.17) is 0 Å². The molecule has 0 bridgehead atoms. The second-order valence-electron chi connectivity index (χ2n) is 4.31. The van der Waals surface area contributed by atoms with Crippen molar-refractivity contribution in [2.24, 2.45) is 5.41 Å². The van der Waals surface area contributed by atoms with Gasteiger partial charge in [-0.25, -0.2) is 4.39 Å². The Bertz CT molecular complexity index is 378. The second kappa shape index (κ2) is 5.60. The van der Waals surface area contributed by atoms with Crippen LogP contribution in [0.15, 0.2) is 35.3 Å². The Morgan fingerprint density at radius 2 is 2.25 bits per heavy atom. The fourth-order valence-electron chi connectivity index (χ4n) is 1.73. The fourth-order valence-corrected chi connectivity index (χ4v) is 2.15. The maximum atomic E-state index is 13.1. The van der Waals surface area contributed by atoms with E-state index in [1.165, 1.54) is 6.07 Å². The third-order valence-corrected chi connectivity index (χ3v) is 3.27. The maximum Gasteiger partial charge on any atom is 0.137 e. The van der Waals surface area contributed by atoms with E-state index in [0.29, 0.717) is 4.47 Å². The van der Waals surface area contributed by atoms with Crippen molar-refractivity contribution in [3.05, 3.63) is 46.7 Å². The SMILES string of the molecule is C=CC(C)(CNC)Cc1ccc(F)c(Br)c1. The van der Waals surface area contributed by atoms with Crippen LogP contribution in [0.3, 0.4) is 0 Å². The largest absolute Gasteiger partial charge is 0.319 e. The van der Waals surface area contributed by atoms with Crippen molar-refractivity contribution in [3.63, 3.8) is 0 Å². The van der Waals surface area contributed by atoms with Gasteiger partial charge in [-0.2, -0.15) is 0 Å². The van der Waals surface area contributed by atoms with Crippen molar-refractivity contribution < 1.29 is 4.39 Å². The normalized spacial score (nSPS) is 14.5. The highest BCUT2D eigenvalue weighted by Crippen LogP contribution is 2.25. The van der Waals surface area contributed by atoms with E-state index >= 15 is 0 Å². The van der Waals surface area contributed by atoms with Crippen LogP contribution in [0.5, 0.6) is 0 Å². The van der Waals surface area contributed by atoms with E-state index in [2.05, 4.69) is 34.7 Å². The molecule has 1 nitrogen and oxygen atoms in total. The Balaban J connectivity index is 2.86. The van der Waals surface area contributed by atoms with Crippen LogP contribution in [-0.4, -0.2) is 13.6 Å². The molecule has 16 heavy (non-hydrogen) atoms. The highest BCUT2D eigenvalue weighted by atomic mass is 79.9. The zero-order chi connectivity index (χ0) is 12.2. The van der Waals surface area contributed by atoms with Gasteiger partial charge in [0.2, 0.25) is 0 Å². The summed E-state index contributed by atoms with van der Waals surface area (Å²) in [6, 6.07) is 5.13. The van der Waals surface area contributed by atoms with Crippen molar-refractivity contribution in [3.8, 4) is 0 Å². The minimum absolute atomic E-state index is 0.00792. The molecule has 88 valence electrons. The molecule has 0 amide bonds. The summed E-state index contributed by atoms with van der Waals surface area (Å²) in [7, 11) is 1.92. The highest BCUT2D eigenvalue weighted by Gasteiger charge is 2.20. The van der Waals surface area contributed by atoms with Crippen LogP contribution in [0, 0.1) is 11.2 Å². The van der Waals surface area contributed by atoms with Gasteiger partial charge in [-0.15, -0.1) is 6.58 Å². The molecule has 0 fully saturated rings. The molecule has 3 heteroatoms. The topological polar surface area (TPSA) is 12.0 Å². The number of halogens is 2. The third kappa shape index (κ3) is 3.42. The second-order valence-corrected chi connectivity index (χ2v) is 5.17. The van der Waals surface area contributed by atoms with Gasteiger partial charge in [-0.3, -0.25) is 0 Å². The standard InChI is InChI=1S/C13H17BrFN/c1-4-13(2,9-16-3)8-10-5-6-12(15)11(14)7-10/h4-7,16H,1,8-9H2,2-3H3. The Morgan fingerprint density at radius 3 is 2.75 bits per heavy atom. The van der Waals surface area contributed by atoms with E-state index in [-0.39, 0.29) is 11.2 Å². The number of nitrogens with one attached hydrogen (secondary N) is 1. The first-order valence-corrected chi connectivity index (χ1v) is 6.02. The molecule has 1 rings (SSSR count). The summed E-state index contributed by atoms with van der Waals surface area (Å²) < 4.78 is 13.6. The van der Waals surface area contributed by atoms with Gasteiger partial charge in [0.05, 0.1) is 4.47 Å². The van der Waals surface area contributed by atoms with Crippen LogP contribution in [0.1, 0.15) is 12.5 Å². The summed E-state index contributed by atoms with van der Waals surface area (Å²) in [4.78, 5) is 0. The molecule has 0 spiro atoms. The average molecular weight is 286 g/mol. The first-order valence-electron chi connectivity index (χ1n) is 5.23. The zero-order valence-corrected chi connectivity index (χ0v) is 11.3. The van der Waals surface area contributed by atoms with E-state index in [1.54, 1.807) is 0 Å². The van der Waals surface area contributed by atoms with Crippen LogP contribution >= 0.6 is 15.9 Å². The lowest BCUT2D eigenvalue weighted by Crippen LogP contribution is -2.29. The predicted molar refractivity (Wildman–Crippen MR) is 70.0 cm³/mol. The van der Waals surface area contributed by atoms with Crippen LogP contribution in [0.25, 0.3) is 0 Å². The lowest BCUT2D eigenvalue weighted by Gasteiger charge is -2.25. The van der Waals surface area contributed by atoms with Crippen molar-refractivity contribution >= 4 is 15.9 Å². The molecule has 1 aromatic rings. The van der Waals surface area contributed by atoms with E-state index in [0.717, 1.165) is 18.5 Å². The molecule has 1 N–H and O–H groups in total. The molecular weight excluding hydrogens is 269 g/mol. The Labute approximate surface area is 105 Å². The Morgan fingerprint density at radius 1 is 1.56 bits per heavy atom. The average Bonchev–Trinajstić information content (AvgIpc) is 2.24. The third-order valence-electron chi connectivity index (χ3n) is 2.67. The number of hydrogen-bond acceptors (Lipinski definition) is 1. The molecule has 0 aliphatic carbocycles. The maximum absolute atomic E-state index is 13.1. The van der Waals surface area contributed by atoms with Gasteiger partial charge in [0.15, 0.2) is 0 Å². The van der Waals surface area contributed by atoms with Gasteiger partial charge < -0.3 is 5.32 Å². The molecule has 0 aliphatic rings. The molecule has 0 radical (unpaired) electrons. The first kappa shape index (κ1) is 13.4. The van der Waals surface area contributed by atoms with Crippen molar-refractivity contribution in [1.29, 1.82) is 0 Å². The van der Waals surface area contributed by atoms with Gasteiger partial charge in [-0.1, -0.05) is 19.1 Å². The monoisotopic (exact) mass is 285 g/mol. The van der Waals surface area contributed by atoms with Crippen LogP contribution in [0.4, 0.5) is 4.39 Å². The molecule has 0 saturated heterocycles. The molecule has 0 heterocycles. The van der Waals surface area contributed by atoms with Gasteiger partial charge in [-0.05, 0) is 47.1 Å². The van der Waals surface area contributed by atoms with E-state index < -0.39 is 0 Å². The zero-order valence-electron chi connectivity index (χ0n) is 9.69. The summed E-state index contributed by atoms with van der Waals surface area (Å²) in [5.74, 6) is -0.224. The molecular formula is C13H17BrFN. The van der Waals surface area contributed by atoms with Crippen molar-refractivity contribution in [2.75, 3.05) is 13.6 Å². The summed E-state index contributed by atoms with van der Waals surface area (Å²) >= 11 is 3.20. The van der Waals surface area contributed by atoms with Crippen LogP contribution in [0.2, 0.25) is 0 Å². The van der Waals surface area contributed by atoms with Gasteiger partial charge in [0.1, 0.15) is 5.82 Å². The summed E-state index contributed by atoms with van der Waals surface area (Å²) in [5, 5.41) is 3.15. The highest BCUT2D eigenvalue weighted by molar-refractivity contribution is 9.10. The molecule has 0 aromatic heterocycles. The van der Waals surface area contributed by atoms with Crippen LogP contribution in [-0.2, 0) is 6.42 Å². The molecule has 0 saturated carbocycles. The van der Waals surface area contributed by atoms with Gasteiger partial charge in [0, 0.05) is 12.0 Å². The summed E-state index contributed by atoms with van der Waals surface area (Å²) in [5.41, 5.74) is 1.09. The Kier molecular flexibility index (Phi) is 4.69. The first-order chi connectivity index (χ1) is 7.50. The van der Waals surface area contributed by atoms with Crippen LogP contribution < -0.4 is 5.32 Å². The lowest BCUT2D eigenvalue weighted by molar-refractivity contribution is 0.406. The number of rotatable bonds is 5. The minimum Gasteiger partial charge on any atom is -0.319 e. The Hall–Kier alpha value is -0.670. The quantitative estimate of drug-likeness (QED) is 0.816. The number of benzene rings is 1. The summed E-state index contributed by atoms with van der Waals surface area (Å²) in [6.45, 7) is 6.85. The molecule has 1 atom stereocenters. The van der Waals surface area contributed by atoms with Gasteiger partial charge >= 0.3 is 0 Å². The molecule has 1 unspecified atom stereocenters. The smallest absolute Gasteiger partial charge is 0.137 e. The minimum atomic E-state index is -0.224. The lowest BCUT2D eigenvalue weighted by atomic mass is 9.84. The predicted octanol–water partition coefficient (Wildman–Crippen LogP) is 3.54.